The van der Waals surface area contributed by atoms with Crippen LogP contribution in [0.5, 0.6) is 5.75 Å². The molecule has 2 heterocycles. The summed E-state index contributed by atoms with van der Waals surface area (Å²) >= 11 is 0. The summed E-state index contributed by atoms with van der Waals surface area (Å²) in [5.41, 5.74) is 2.47. The predicted octanol–water partition coefficient (Wildman–Crippen LogP) is 1.63. The molecule has 1 saturated heterocycles. The normalized spacial score (nSPS) is 20.3. The first-order chi connectivity index (χ1) is 11.0. The number of ether oxygens (including phenoxy) is 1. The molecular formula is C17H20N2O4. The van der Waals surface area contributed by atoms with Gasteiger partial charge in [0, 0.05) is 32.0 Å². The molecular weight excluding hydrogens is 296 g/mol. The van der Waals surface area contributed by atoms with Crippen LogP contribution in [-0.4, -0.2) is 47.5 Å². The minimum Gasteiger partial charge on any atom is -0.486 e. The number of fused-ring (bicyclic) bond motifs is 1. The number of piperidine rings is 1. The Hall–Kier alpha value is -2.18. The predicted molar refractivity (Wildman–Crippen MR) is 84.4 cm³/mol. The summed E-state index contributed by atoms with van der Waals surface area (Å²) in [6.45, 7) is 1.83. The number of benzene rings is 1. The first-order valence-electron chi connectivity index (χ1n) is 7.68. The van der Waals surface area contributed by atoms with Crippen LogP contribution < -0.4 is 10.2 Å². The summed E-state index contributed by atoms with van der Waals surface area (Å²) in [5, 5.41) is 8.50. The molecule has 2 aliphatic rings. The van der Waals surface area contributed by atoms with Crippen molar-refractivity contribution in [2.24, 2.45) is 0 Å². The molecule has 122 valence electrons. The number of rotatable bonds is 2. The lowest BCUT2D eigenvalue weighted by molar-refractivity contribution is -0.124. The quantitative estimate of drug-likeness (QED) is 0.492. The Morgan fingerprint density at radius 3 is 2.83 bits per heavy atom. The molecule has 1 aromatic carbocycles. The zero-order valence-electron chi connectivity index (χ0n) is 13.0. The maximum atomic E-state index is 12.5. The minimum absolute atomic E-state index is 0.111. The van der Waals surface area contributed by atoms with Crippen molar-refractivity contribution in [3.8, 4) is 5.75 Å². The van der Waals surface area contributed by atoms with Crippen molar-refractivity contribution in [3.05, 3.63) is 35.4 Å². The van der Waals surface area contributed by atoms with Crippen LogP contribution in [0.2, 0.25) is 0 Å². The van der Waals surface area contributed by atoms with Crippen LogP contribution in [-0.2, 0) is 4.79 Å². The number of hydrogen-bond donors (Lipinski definition) is 2. The van der Waals surface area contributed by atoms with Gasteiger partial charge in [-0.25, -0.2) is 5.48 Å². The SMILES string of the molecule is CN1CCC2(CC1)CC(=O)c1ccc(/C=C/C(=O)NO)cc1O2. The lowest BCUT2D eigenvalue weighted by atomic mass is 9.82. The van der Waals surface area contributed by atoms with Crippen LogP contribution in [0.4, 0.5) is 0 Å². The van der Waals surface area contributed by atoms with E-state index in [9.17, 15) is 9.59 Å². The monoisotopic (exact) mass is 316 g/mol. The van der Waals surface area contributed by atoms with Gasteiger partial charge in [0.05, 0.1) is 12.0 Å². The molecule has 0 unspecified atom stereocenters. The van der Waals surface area contributed by atoms with Crippen molar-refractivity contribution in [1.82, 2.24) is 10.4 Å². The third-order valence-corrected chi connectivity index (χ3v) is 4.55. The number of Topliss-reactive ketones (excluding diaryl/α,β-unsaturated/α-hetero) is 1. The zero-order valence-corrected chi connectivity index (χ0v) is 13.0. The molecule has 6 heteroatoms. The van der Waals surface area contributed by atoms with Gasteiger partial charge in [0.2, 0.25) is 0 Å². The molecule has 1 spiro atoms. The van der Waals surface area contributed by atoms with Gasteiger partial charge in [-0.05, 0) is 30.8 Å². The third-order valence-electron chi connectivity index (χ3n) is 4.55. The number of ketones is 1. The molecule has 0 aromatic heterocycles. The minimum atomic E-state index is -0.605. The van der Waals surface area contributed by atoms with Crippen molar-refractivity contribution in [1.29, 1.82) is 0 Å². The van der Waals surface area contributed by atoms with Crippen molar-refractivity contribution in [2.75, 3.05) is 20.1 Å². The largest absolute Gasteiger partial charge is 0.486 e. The molecule has 1 fully saturated rings. The van der Waals surface area contributed by atoms with E-state index in [1.807, 2.05) is 0 Å². The lowest BCUT2D eigenvalue weighted by Crippen LogP contribution is -2.50. The van der Waals surface area contributed by atoms with Crippen LogP contribution in [0.15, 0.2) is 24.3 Å². The molecule has 0 bridgehead atoms. The summed E-state index contributed by atoms with van der Waals surface area (Å²) in [6.07, 6.45) is 4.88. The molecule has 1 amide bonds. The van der Waals surface area contributed by atoms with Gasteiger partial charge in [-0.3, -0.25) is 14.8 Å². The second kappa shape index (κ2) is 6.14. The summed E-state index contributed by atoms with van der Waals surface area (Å²) in [6, 6.07) is 5.26. The average molecular weight is 316 g/mol. The maximum Gasteiger partial charge on any atom is 0.267 e. The van der Waals surface area contributed by atoms with Crippen molar-refractivity contribution in [3.63, 3.8) is 0 Å². The molecule has 0 saturated carbocycles. The van der Waals surface area contributed by atoms with E-state index >= 15 is 0 Å². The Labute approximate surface area is 134 Å². The smallest absolute Gasteiger partial charge is 0.267 e. The molecule has 0 aliphatic carbocycles. The van der Waals surface area contributed by atoms with Gasteiger partial charge in [0.15, 0.2) is 5.78 Å². The topological polar surface area (TPSA) is 78.9 Å². The Kier molecular flexibility index (Phi) is 4.19. The summed E-state index contributed by atoms with van der Waals surface area (Å²) in [5.74, 6) is 0.0864. The van der Waals surface area contributed by atoms with E-state index in [4.69, 9.17) is 9.94 Å². The van der Waals surface area contributed by atoms with E-state index in [0.29, 0.717) is 17.7 Å². The Bertz CT molecular complexity index is 661. The van der Waals surface area contributed by atoms with E-state index in [0.717, 1.165) is 31.5 Å². The highest BCUT2D eigenvalue weighted by Gasteiger charge is 2.42. The van der Waals surface area contributed by atoms with Crippen molar-refractivity contribution < 1.29 is 19.5 Å². The second-order valence-electron chi connectivity index (χ2n) is 6.25. The van der Waals surface area contributed by atoms with Crippen molar-refractivity contribution >= 4 is 17.8 Å². The molecule has 0 atom stereocenters. The van der Waals surface area contributed by atoms with E-state index < -0.39 is 11.5 Å². The molecule has 1 aromatic rings. The third kappa shape index (κ3) is 3.28. The number of hydrogen-bond acceptors (Lipinski definition) is 5. The molecule has 3 rings (SSSR count). The van der Waals surface area contributed by atoms with Gasteiger partial charge in [0.25, 0.3) is 5.91 Å². The van der Waals surface area contributed by atoms with Gasteiger partial charge >= 0.3 is 0 Å². The van der Waals surface area contributed by atoms with Crippen LogP contribution >= 0.6 is 0 Å². The maximum absolute atomic E-state index is 12.5. The fourth-order valence-electron chi connectivity index (χ4n) is 3.13. The van der Waals surface area contributed by atoms with Crippen LogP contribution in [0.25, 0.3) is 6.08 Å². The van der Waals surface area contributed by atoms with E-state index in [1.165, 1.54) is 11.6 Å². The Morgan fingerprint density at radius 2 is 2.13 bits per heavy atom. The first kappa shape index (κ1) is 15.7. The number of hydroxylamine groups is 1. The average Bonchev–Trinajstić information content (AvgIpc) is 2.55. The molecule has 0 radical (unpaired) electrons. The lowest BCUT2D eigenvalue weighted by Gasteiger charge is -2.43. The van der Waals surface area contributed by atoms with E-state index in [-0.39, 0.29) is 5.78 Å². The zero-order chi connectivity index (χ0) is 16.4. The van der Waals surface area contributed by atoms with Gasteiger partial charge in [-0.2, -0.15) is 0 Å². The molecule has 23 heavy (non-hydrogen) atoms. The highest BCUT2D eigenvalue weighted by Crippen LogP contribution is 2.39. The van der Waals surface area contributed by atoms with Crippen LogP contribution in [0.3, 0.4) is 0 Å². The van der Waals surface area contributed by atoms with Gasteiger partial charge in [-0.1, -0.05) is 6.07 Å². The van der Waals surface area contributed by atoms with Gasteiger partial charge < -0.3 is 9.64 Å². The highest BCUT2D eigenvalue weighted by molar-refractivity contribution is 6.00. The fourth-order valence-corrected chi connectivity index (χ4v) is 3.13. The number of likely N-dealkylation sites (tertiary alicyclic amines) is 1. The summed E-state index contributed by atoms with van der Waals surface area (Å²) in [7, 11) is 2.07. The Morgan fingerprint density at radius 1 is 1.39 bits per heavy atom. The number of carbonyl (C=O) groups is 2. The number of carbonyl (C=O) groups excluding carboxylic acids is 2. The van der Waals surface area contributed by atoms with Crippen LogP contribution in [0.1, 0.15) is 35.2 Å². The number of nitrogens with zero attached hydrogens (tertiary/aromatic N) is 1. The summed E-state index contributed by atoms with van der Waals surface area (Å²) in [4.78, 5) is 25.8. The molecule has 6 nitrogen and oxygen atoms in total. The van der Waals surface area contributed by atoms with E-state index in [1.54, 1.807) is 24.3 Å². The molecule has 2 aliphatic heterocycles. The van der Waals surface area contributed by atoms with E-state index in [2.05, 4.69) is 11.9 Å². The summed E-state index contributed by atoms with van der Waals surface area (Å²) < 4.78 is 6.22. The molecule has 2 N–H and O–H groups in total. The highest BCUT2D eigenvalue weighted by atomic mass is 16.5. The standard InChI is InChI=1S/C17H20N2O4/c1-19-8-6-17(7-9-19)11-14(20)13-4-2-12(10-15(13)23-17)3-5-16(21)18-22/h2-5,10,22H,6-9,11H2,1H3,(H,18,21)/b5-3+. The van der Waals surface area contributed by atoms with Crippen LogP contribution in [0, 0.1) is 0 Å². The second-order valence-corrected chi connectivity index (χ2v) is 6.25. The fraction of sp³-hybridized carbons (Fsp3) is 0.412. The first-order valence-corrected chi connectivity index (χ1v) is 7.68. The van der Waals surface area contributed by atoms with Gasteiger partial charge in [-0.15, -0.1) is 0 Å². The Balaban J connectivity index is 1.85. The number of nitrogens with one attached hydrogen (secondary N) is 1. The van der Waals surface area contributed by atoms with Gasteiger partial charge in [0.1, 0.15) is 11.4 Å². The van der Waals surface area contributed by atoms with Crippen molar-refractivity contribution in [2.45, 2.75) is 24.9 Å². The number of amides is 1.